The fourth-order valence-electron chi connectivity index (χ4n) is 1.86. The van der Waals surface area contributed by atoms with Crippen molar-refractivity contribution < 1.29 is 13.9 Å². The summed E-state index contributed by atoms with van der Waals surface area (Å²) in [6.45, 7) is 1.37. The predicted molar refractivity (Wildman–Crippen MR) is 86.6 cm³/mol. The van der Waals surface area contributed by atoms with E-state index >= 15 is 0 Å². The average molecular weight is 311 g/mol. The van der Waals surface area contributed by atoms with Crippen LogP contribution in [0.15, 0.2) is 36.4 Å². The van der Waals surface area contributed by atoms with Gasteiger partial charge in [-0.15, -0.1) is 0 Å². The second kappa shape index (κ2) is 6.29. The van der Waals surface area contributed by atoms with Gasteiger partial charge in [0.2, 0.25) is 0 Å². The molecule has 0 heterocycles. The topological polar surface area (TPSA) is 50.1 Å². The van der Waals surface area contributed by atoms with Gasteiger partial charge in [0.1, 0.15) is 31.0 Å². The maximum absolute atomic E-state index is 14.1. The number of alkyl halides is 1. The summed E-state index contributed by atoms with van der Waals surface area (Å²) in [6.07, 6.45) is 0.678. The Hall–Kier alpha value is -2.18. The number of carbonyl (C=O) groups excluding carboxylic acids is 1. The molecule has 0 amide bonds. The number of halogens is 1. The van der Waals surface area contributed by atoms with E-state index in [-0.39, 0.29) is 11.0 Å². The summed E-state index contributed by atoms with van der Waals surface area (Å²) < 4.78 is 19.7. The maximum Gasteiger partial charge on any atom is 0.150 e. The summed E-state index contributed by atoms with van der Waals surface area (Å²) in [5, 5.41) is 7.36. The molecular formula is C16H12BFNO2P. The third-order valence-corrected chi connectivity index (χ3v) is 3.33. The molecule has 6 heteroatoms. The minimum atomic E-state index is -1.68. The van der Waals surface area contributed by atoms with E-state index in [9.17, 15) is 9.18 Å². The lowest BCUT2D eigenvalue weighted by Gasteiger charge is -2.17. The number of benzene rings is 2. The van der Waals surface area contributed by atoms with Crippen LogP contribution < -0.4 is 10.2 Å². The zero-order valence-corrected chi connectivity index (χ0v) is 13.0. The van der Waals surface area contributed by atoms with Crippen LogP contribution in [-0.2, 0) is 5.41 Å². The Balaban J connectivity index is 2.41. The summed E-state index contributed by atoms with van der Waals surface area (Å²) in [4.78, 5) is 10.7. The number of aldehydes is 1. The van der Waals surface area contributed by atoms with E-state index in [1.54, 1.807) is 12.1 Å². The molecule has 3 nitrogen and oxygen atoms in total. The van der Waals surface area contributed by atoms with Gasteiger partial charge < -0.3 is 4.74 Å². The van der Waals surface area contributed by atoms with Gasteiger partial charge in [0.25, 0.3) is 0 Å². The van der Waals surface area contributed by atoms with Gasteiger partial charge >= 0.3 is 0 Å². The molecule has 108 valence electrons. The molecule has 0 aliphatic rings. The van der Waals surface area contributed by atoms with E-state index in [1.165, 1.54) is 31.2 Å². The molecule has 0 aromatic heterocycles. The van der Waals surface area contributed by atoms with Crippen molar-refractivity contribution in [3.8, 4) is 17.6 Å². The van der Waals surface area contributed by atoms with E-state index in [1.807, 2.05) is 6.07 Å². The van der Waals surface area contributed by atoms with Crippen LogP contribution in [-0.4, -0.2) is 14.1 Å². The number of ether oxygens (including phenoxy) is 1. The zero-order valence-electron chi connectivity index (χ0n) is 11.8. The van der Waals surface area contributed by atoms with Crippen molar-refractivity contribution in [2.75, 3.05) is 0 Å². The third kappa shape index (κ3) is 3.72. The Kier molecular flexibility index (Phi) is 4.64. The SMILES string of the molecule is [B]c1cc(C=O)ccc1Oc1cc(C#N)cc(C(C)(F)P)c1. The van der Waals surface area contributed by atoms with Crippen molar-refractivity contribution in [2.24, 2.45) is 0 Å². The monoisotopic (exact) mass is 311 g/mol. The molecule has 2 aromatic carbocycles. The summed E-state index contributed by atoms with van der Waals surface area (Å²) >= 11 is 0. The highest BCUT2D eigenvalue weighted by Gasteiger charge is 2.21. The molecule has 0 saturated carbocycles. The van der Waals surface area contributed by atoms with Crippen LogP contribution in [0.1, 0.15) is 28.4 Å². The Bertz CT molecular complexity index is 766. The molecule has 2 aromatic rings. The normalized spacial score (nSPS) is 13.0. The van der Waals surface area contributed by atoms with Crippen LogP contribution in [0, 0.1) is 11.3 Å². The van der Waals surface area contributed by atoms with Gasteiger partial charge in [-0.2, -0.15) is 5.26 Å². The van der Waals surface area contributed by atoms with Gasteiger partial charge in [-0.1, -0.05) is 20.8 Å². The highest BCUT2D eigenvalue weighted by molar-refractivity contribution is 7.18. The second-order valence-corrected chi connectivity index (χ2v) is 6.03. The lowest BCUT2D eigenvalue weighted by molar-refractivity contribution is 0.112. The molecule has 2 unspecified atom stereocenters. The van der Waals surface area contributed by atoms with Crippen molar-refractivity contribution >= 4 is 28.8 Å². The molecule has 2 radical (unpaired) electrons. The van der Waals surface area contributed by atoms with Crippen molar-refractivity contribution in [1.29, 1.82) is 5.26 Å². The van der Waals surface area contributed by atoms with Crippen LogP contribution in [0.5, 0.6) is 11.5 Å². The van der Waals surface area contributed by atoms with E-state index in [0.717, 1.165) is 0 Å². The Labute approximate surface area is 131 Å². The number of nitriles is 1. The number of hydrogen-bond donors (Lipinski definition) is 0. The lowest BCUT2D eigenvalue weighted by Crippen LogP contribution is -2.09. The first-order valence-corrected chi connectivity index (χ1v) is 6.97. The zero-order chi connectivity index (χ0) is 16.3. The molecular weight excluding hydrogens is 299 g/mol. The van der Waals surface area contributed by atoms with Crippen molar-refractivity contribution in [3.05, 3.63) is 53.1 Å². The molecule has 0 N–H and O–H groups in total. The average Bonchev–Trinajstić information content (AvgIpc) is 2.48. The third-order valence-electron chi connectivity index (χ3n) is 3.00. The summed E-state index contributed by atoms with van der Waals surface area (Å²) in [5.41, 5.74) is 1.29. The maximum atomic E-state index is 14.1. The summed E-state index contributed by atoms with van der Waals surface area (Å²) in [6, 6.07) is 11.0. The fourth-order valence-corrected chi connectivity index (χ4v) is 2.03. The van der Waals surface area contributed by atoms with E-state index in [0.29, 0.717) is 28.9 Å². The number of carbonyl (C=O) groups is 1. The first kappa shape index (κ1) is 16.2. The highest BCUT2D eigenvalue weighted by Crippen LogP contribution is 2.36. The van der Waals surface area contributed by atoms with Crippen molar-refractivity contribution in [2.45, 2.75) is 12.3 Å². The van der Waals surface area contributed by atoms with Crippen LogP contribution in [0.4, 0.5) is 4.39 Å². The van der Waals surface area contributed by atoms with Crippen LogP contribution >= 0.6 is 9.24 Å². The van der Waals surface area contributed by atoms with Gasteiger partial charge in [0, 0.05) is 5.56 Å². The molecule has 0 aliphatic heterocycles. The molecule has 0 aliphatic carbocycles. The Morgan fingerprint density at radius 2 is 2.09 bits per heavy atom. The summed E-state index contributed by atoms with van der Waals surface area (Å²) in [5.74, 6) is 0.627. The van der Waals surface area contributed by atoms with Crippen molar-refractivity contribution in [1.82, 2.24) is 0 Å². The number of rotatable bonds is 4. The van der Waals surface area contributed by atoms with Gasteiger partial charge in [-0.05, 0) is 42.8 Å². The standard InChI is InChI=1S/C16H12BFNO2P/c1-16(18,22)12-4-11(8-19)5-13(7-12)21-15-3-2-10(9-20)6-14(15)17/h2-7,9H,22H2,1H3. The quantitative estimate of drug-likeness (QED) is 0.495. The molecule has 2 atom stereocenters. The predicted octanol–water partition coefficient (Wildman–Crippen LogP) is 2.97. The summed E-state index contributed by atoms with van der Waals surface area (Å²) in [7, 11) is 7.88. The van der Waals surface area contributed by atoms with Gasteiger partial charge in [0.05, 0.1) is 11.6 Å². The van der Waals surface area contributed by atoms with Crippen LogP contribution in [0.3, 0.4) is 0 Å². The van der Waals surface area contributed by atoms with E-state index in [2.05, 4.69) is 9.24 Å². The molecule has 0 saturated heterocycles. The second-order valence-electron chi connectivity index (χ2n) is 4.95. The minimum absolute atomic E-state index is 0.280. The Morgan fingerprint density at radius 1 is 1.36 bits per heavy atom. The first-order chi connectivity index (χ1) is 10.3. The molecule has 0 bridgehead atoms. The lowest BCUT2D eigenvalue weighted by atomic mass is 9.93. The van der Waals surface area contributed by atoms with Gasteiger partial charge in [-0.3, -0.25) is 4.79 Å². The number of nitrogens with zero attached hydrogens (tertiary/aromatic N) is 1. The fraction of sp³-hybridized carbons (Fsp3) is 0.125. The minimum Gasteiger partial charge on any atom is -0.458 e. The van der Waals surface area contributed by atoms with E-state index in [4.69, 9.17) is 17.8 Å². The van der Waals surface area contributed by atoms with Gasteiger partial charge in [0.15, 0.2) is 0 Å². The molecule has 0 fully saturated rings. The first-order valence-electron chi connectivity index (χ1n) is 6.39. The van der Waals surface area contributed by atoms with Crippen LogP contribution in [0.2, 0.25) is 0 Å². The van der Waals surface area contributed by atoms with Crippen LogP contribution in [0.25, 0.3) is 0 Å². The van der Waals surface area contributed by atoms with E-state index < -0.39 is 5.41 Å². The smallest absolute Gasteiger partial charge is 0.150 e. The highest BCUT2D eigenvalue weighted by atomic mass is 31.0. The number of hydrogen-bond acceptors (Lipinski definition) is 3. The largest absolute Gasteiger partial charge is 0.458 e. The molecule has 2 rings (SSSR count). The van der Waals surface area contributed by atoms with Crippen molar-refractivity contribution in [3.63, 3.8) is 0 Å². The molecule has 0 spiro atoms. The Morgan fingerprint density at radius 3 is 2.64 bits per heavy atom. The van der Waals surface area contributed by atoms with Gasteiger partial charge in [-0.25, -0.2) is 4.39 Å². The molecule has 22 heavy (non-hydrogen) atoms.